The van der Waals surface area contributed by atoms with Gasteiger partial charge in [-0.25, -0.2) is 0 Å². The van der Waals surface area contributed by atoms with Crippen LogP contribution in [0.5, 0.6) is 0 Å². The van der Waals surface area contributed by atoms with E-state index in [2.05, 4.69) is 9.15 Å². The minimum atomic E-state index is -1.34. The maximum Gasteiger partial charge on any atom is 0.417 e. The largest absolute Gasteiger partial charge is 0.417 e. The molecular weight excluding hydrogens is 88.1 g/mol. The summed E-state index contributed by atoms with van der Waals surface area (Å²) in [4.78, 5) is 0. The molecule has 0 radical (unpaired) electrons. The molecule has 0 aromatic carbocycles. The van der Waals surface area contributed by atoms with Gasteiger partial charge in [0.25, 0.3) is 0 Å². The van der Waals surface area contributed by atoms with Crippen LogP contribution in [0.4, 0.5) is 0 Å². The van der Waals surface area contributed by atoms with Gasteiger partial charge in [-0.15, -0.1) is 0 Å². The molecule has 0 atom stereocenters. The van der Waals surface area contributed by atoms with E-state index in [0.29, 0.717) is 0 Å². The number of aliphatic hydroxyl groups excluding tert-OH is 1. The molecule has 1 saturated heterocycles. The summed E-state index contributed by atoms with van der Waals surface area (Å²) in [6.45, 7) is 0. The molecule has 1 aliphatic rings. The molecule has 3 nitrogen and oxygen atoms in total. The van der Waals surface area contributed by atoms with E-state index in [1.807, 2.05) is 0 Å². The Kier molecular flexibility index (Phi) is 0.696. The Balaban J connectivity index is 2.00. The van der Waals surface area contributed by atoms with Crippen LogP contribution in [0.25, 0.3) is 0 Å². The van der Waals surface area contributed by atoms with Crippen molar-refractivity contribution in [1.29, 1.82) is 0 Å². The third-order valence-corrected chi connectivity index (χ3v) is 1.14. The minimum absolute atomic E-state index is 0.111. The number of hydrogen-bond donors (Lipinski definition) is 1. The molecule has 1 fully saturated rings. The molecule has 0 saturated carbocycles. The summed E-state index contributed by atoms with van der Waals surface area (Å²) < 4.78 is 8.49. The smallest absolute Gasteiger partial charge is 0.395 e. The van der Waals surface area contributed by atoms with E-state index in [9.17, 15) is 0 Å². The highest BCUT2D eigenvalue weighted by Crippen LogP contribution is 2.02. The lowest BCUT2D eigenvalue weighted by Gasteiger charge is -1.60. The molecular formula is CH4O3Si. The first kappa shape index (κ1) is 3.29. The van der Waals surface area contributed by atoms with E-state index in [1.165, 1.54) is 0 Å². The Hall–Kier alpha value is 0.0969. The summed E-state index contributed by atoms with van der Waals surface area (Å²) in [6, 6.07) is 0. The summed E-state index contributed by atoms with van der Waals surface area (Å²) in [7, 11) is -1.34. The second-order valence-electron chi connectivity index (χ2n) is 0.805. The Morgan fingerprint density at radius 2 is 2.20 bits per heavy atom. The lowest BCUT2D eigenvalue weighted by molar-refractivity contribution is 0.0850. The van der Waals surface area contributed by atoms with Crippen LogP contribution in [-0.4, -0.2) is 20.6 Å². The molecule has 0 aliphatic carbocycles. The molecule has 0 unspecified atom stereocenters. The maximum atomic E-state index is 8.02. The fraction of sp³-hybridized carbons (Fsp3) is 1.00. The molecule has 0 spiro atoms. The average Bonchev–Trinajstić information content (AvgIpc) is 2.12. The molecule has 0 aromatic rings. The SMILES string of the molecule is OC[SiH]1OO1. The predicted octanol–water partition coefficient (Wildman–Crippen LogP) is -1.30. The van der Waals surface area contributed by atoms with Crippen LogP contribution in [0.1, 0.15) is 0 Å². The zero-order valence-electron chi connectivity index (χ0n) is 2.55. The van der Waals surface area contributed by atoms with E-state index >= 15 is 0 Å². The zero-order chi connectivity index (χ0) is 3.70. The molecule has 1 heterocycles. The molecule has 0 bridgehead atoms. The fourth-order valence-electron chi connectivity index (χ4n) is 0.100. The summed E-state index contributed by atoms with van der Waals surface area (Å²) in [5.74, 6) is 0. The third kappa shape index (κ3) is 0.693. The Labute approximate surface area is 30.9 Å². The lowest BCUT2D eigenvalue weighted by Crippen LogP contribution is -1.95. The van der Waals surface area contributed by atoms with Gasteiger partial charge >= 0.3 is 9.28 Å². The predicted molar refractivity (Wildman–Crippen MR) is 16.4 cm³/mol. The molecule has 0 aromatic heterocycles. The summed E-state index contributed by atoms with van der Waals surface area (Å²) in [6.07, 6.45) is 0.111. The topological polar surface area (TPSA) is 45.3 Å². The normalized spacial score (nSPS) is 23.4. The van der Waals surface area contributed by atoms with E-state index in [0.717, 1.165) is 0 Å². The van der Waals surface area contributed by atoms with Crippen LogP contribution >= 0.6 is 0 Å². The highest BCUT2D eigenvalue weighted by molar-refractivity contribution is 6.49. The van der Waals surface area contributed by atoms with Crippen molar-refractivity contribution in [1.82, 2.24) is 0 Å². The number of rotatable bonds is 1. The van der Waals surface area contributed by atoms with E-state index in [1.54, 1.807) is 0 Å². The highest BCUT2D eigenvalue weighted by Gasteiger charge is 2.28. The fourth-order valence-corrected chi connectivity index (χ4v) is 0.536. The van der Waals surface area contributed by atoms with Crippen molar-refractivity contribution in [2.75, 3.05) is 6.23 Å². The minimum Gasteiger partial charge on any atom is -0.395 e. The molecule has 5 heavy (non-hydrogen) atoms. The van der Waals surface area contributed by atoms with Gasteiger partial charge in [0.2, 0.25) is 0 Å². The van der Waals surface area contributed by atoms with Crippen LogP contribution in [-0.2, 0) is 9.15 Å². The first-order valence-corrected chi connectivity index (χ1v) is 3.12. The molecule has 4 heteroatoms. The Bertz CT molecular complexity index is 33.9. The van der Waals surface area contributed by atoms with Crippen LogP contribution < -0.4 is 0 Å². The summed E-state index contributed by atoms with van der Waals surface area (Å²) in [5, 5.41) is 8.02. The van der Waals surface area contributed by atoms with Crippen molar-refractivity contribution in [3.05, 3.63) is 0 Å². The van der Waals surface area contributed by atoms with Crippen LogP contribution in [0.15, 0.2) is 0 Å². The van der Waals surface area contributed by atoms with E-state index < -0.39 is 9.28 Å². The van der Waals surface area contributed by atoms with Gasteiger partial charge < -0.3 is 5.11 Å². The van der Waals surface area contributed by atoms with Crippen LogP contribution in [0.2, 0.25) is 0 Å². The second kappa shape index (κ2) is 1.06. The van der Waals surface area contributed by atoms with Crippen LogP contribution in [0.3, 0.4) is 0 Å². The van der Waals surface area contributed by atoms with Gasteiger partial charge in [-0.1, -0.05) is 0 Å². The third-order valence-electron chi connectivity index (χ3n) is 0.381. The van der Waals surface area contributed by atoms with Gasteiger partial charge in [0.05, 0.1) is 6.23 Å². The maximum absolute atomic E-state index is 8.02. The lowest BCUT2D eigenvalue weighted by atomic mass is 11.7. The standard InChI is InChI=1S/CH4O3Si/c2-1-5-3-4-5/h2,5H,1H2. The van der Waals surface area contributed by atoms with Gasteiger partial charge in [0, 0.05) is 0 Å². The van der Waals surface area contributed by atoms with E-state index in [4.69, 9.17) is 5.11 Å². The first-order chi connectivity index (χ1) is 2.43. The van der Waals surface area contributed by atoms with Gasteiger partial charge in [0.15, 0.2) is 0 Å². The van der Waals surface area contributed by atoms with Crippen molar-refractivity contribution in [3.8, 4) is 0 Å². The zero-order valence-corrected chi connectivity index (χ0v) is 3.70. The highest BCUT2D eigenvalue weighted by atomic mass is 28.3. The molecule has 1 N–H and O–H groups in total. The average molecular weight is 92.1 g/mol. The van der Waals surface area contributed by atoms with Gasteiger partial charge in [-0.05, 0) is 0 Å². The Morgan fingerprint density at radius 1 is 1.60 bits per heavy atom. The van der Waals surface area contributed by atoms with Crippen molar-refractivity contribution in [3.63, 3.8) is 0 Å². The Morgan fingerprint density at radius 3 is 2.20 bits per heavy atom. The molecule has 0 amide bonds. The van der Waals surface area contributed by atoms with Crippen molar-refractivity contribution >= 4 is 9.28 Å². The van der Waals surface area contributed by atoms with Gasteiger partial charge in [-0.3, -0.25) is 9.15 Å². The number of hydrogen-bond acceptors (Lipinski definition) is 3. The monoisotopic (exact) mass is 92.0 g/mol. The molecule has 30 valence electrons. The summed E-state index contributed by atoms with van der Waals surface area (Å²) >= 11 is 0. The van der Waals surface area contributed by atoms with Crippen molar-refractivity contribution in [2.45, 2.75) is 0 Å². The van der Waals surface area contributed by atoms with Gasteiger partial charge in [0.1, 0.15) is 0 Å². The molecule has 1 rings (SSSR count). The second-order valence-corrected chi connectivity index (χ2v) is 2.41. The van der Waals surface area contributed by atoms with Crippen molar-refractivity contribution in [2.24, 2.45) is 0 Å². The molecule has 1 aliphatic heterocycles. The van der Waals surface area contributed by atoms with Crippen LogP contribution in [0, 0.1) is 0 Å². The number of aliphatic hydroxyl groups is 1. The quantitative estimate of drug-likeness (QED) is 0.248. The van der Waals surface area contributed by atoms with Gasteiger partial charge in [-0.2, -0.15) is 0 Å². The van der Waals surface area contributed by atoms with Crippen molar-refractivity contribution < 1.29 is 14.3 Å². The summed E-state index contributed by atoms with van der Waals surface area (Å²) in [5.41, 5.74) is 0. The van der Waals surface area contributed by atoms with E-state index in [-0.39, 0.29) is 6.23 Å². The first-order valence-electron chi connectivity index (χ1n) is 1.36.